The molecule has 1 unspecified atom stereocenters. The number of amides is 1. The molecule has 7 heteroatoms. The van der Waals surface area contributed by atoms with Crippen molar-refractivity contribution < 1.29 is 14.3 Å². The zero-order valence-corrected chi connectivity index (χ0v) is 12.6. The summed E-state index contributed by atoms with van der Waals surface area (Å²) in [6.45, 7) is 0.503. The molecule has 1 saturated heterocycles. The zero-order chi connectivity index (χ0) is 14.9. The number of nitrogen functional groups attached to an aromatic ring is 1. The lowest BCUT2D eigenvalue weighted by atomic mass is 9.85. The maximum Gasteiger partial charge on any atom is 0.307 e. The molecule has 0 bridgehead atoms. The van der Waals surface area contributed by atoms with Crippen molar-refractivity contribution in [3.05, 3.63) is 11.1 Å². The van der Waals surface area contributed by atoms with Crippen molar-refractivity contribution in [3.8, 4) is 0 Å². The van der Waals surface area contributed by atoms with Gasteiger partial charge in [0.15, 0.2) is 5.13 Å². The van der Waals surface area contributed by atoms with Crippen molar-refractivity contribution in [1.29, 1.82) is 0 Å². The van der Waals surface area contributed by atoms with Crippen LogP contribution in [0.1, 0.15) is 37.8 Å². The molecule has 0 aromatic carbocycles. The Kier molecular flexibility index (Phi) is 3.84. The lowest BCUT2D eigenvalue weighted by Crippen LogP contribution is -2.43. The maximum atomic E-state index is 12.4. The fraction of sp³-hybridized carbons (Fsp3) is 0.643. The fourth-order valence-electron chi connectivity index (χ4n) is 3.32. The number of thiazole rings is 1. The third-order valence-electron chi connectivity index (χ3n) is 4.34. The van der Waals surface area contributed by atoms with Crippen LogP contribution in [0.4, 0.5) is 5.13 Å². The minimum atomic E-state index is -0.535. The van der Waals surface area contributed by atoms with Crippen molar-refractivity contribution >= 4 is 28.3 Å². The van der Waals surface area contributed by atoms with E-state index in [1.54, 1.807) is 0 Å². The molecule has 1 spiro atoms. The molecule has 3 N–H and O–H groups in total. The Morgan fingerprint density at radius 1 is 1.52 bits per heavy atom. The summed E-state index contributed by atoms with van der Waals surface area (Å²) in [6, 6.07) is 0. The van der Waals surface area contributed by atoms with Gasteiger partial charge in [-0.2, -0.15) is 0 Å². The van der Waals surface area contributed by atoms with E-state index in [1.165, 1.54) is 11.3 Å². The summed E-state index contributed by atoms with van der Waals surface area (Å²) in [4.78, 5) is 28.1. The van der Waals surface area contributed by atoms with Crippen LogP contribution in [0.2, 0.25) is 0 Å². The van der Waals surface area contributed by atoms with E-state index in [4.69, 9.17) is 10.5 Å². The molecular formula is C14H19N3O3S. The van der Waals surface area contributed by atoms with E-state index in [-0.39, 0.29) is 24.2 Å². The number of nitrogens with zero attached hydrogens (tertiary/aromatic N) is 1. The second kappa shape index (κ2) is 5.63. The van der Waals surface area contributed by atoms with Crippen LogP contribution in [0.3, 0.4) is 0 Å². The number of nitrogens with two attached hydrogens (primary N) is 1. The van der Waals surface area contributed by atoms with Gasteiger partial charge in [-0.15, -0.1) is 11.3 Å². The molecule has 2 fully saturated rings. The Bertz CT molecular complexity index is 551. The summed E-state index contributed by atoms with van der Waals surface area (Å²) in [5.41, 5.74) is 5.92. The molecule has 0 radical (unpaired) electrons. The SMILES string of the molecule is Nc1nc(CCNC(=O)C2CC(=O)OC23CCCC3)cs1. The number of hydrogen-bond acceptors (Lipinski definition) is 6. The molecular weight excluding hydrogens is 290 g/mol. The number of aromatic nitrogens is 1. The standard InChI is InChI=1S/C14H19N3O3S/c15-13-17-9(8-21-13)3-6-16-12(19)10-7-11(18)20-14(10)4-1-2-5-14/h8,10H,1-7H2,(H2,15,17)(H,16,19). The van der Waals surface area contributed by atoms with Crippen molar-refractivity contribution in [1.82, 2.24) is 10.3 Å². The first-order valence-corrected chi connectivity index (χ1v) is 8.16. The van der Waals surface area contributed by atoms with Gasteiger partial charge in [0, 0.05) is 18.3 Å². The second-order valence-corrected chi connectivity index (χ2v) is 6.61. The number of anilines is 1. The lowest BCUT2D eigenvalue weighted by molar-refractivity contribution is -0.149. The van der Waals surface area contributed by atoms with Gasteiger partial charge in [0.1, 0.15) is 5.60 Å². The van der Waals surface area contributed by atoms with Crippen molar-refractivity contribution in [3.63, 3.8) is 0 Å². The van der Waals surface area contributed by atoms with Gasteiger partial charge < -0.3 is 15.8 Å². The summed E-state index contributed by atoms with van der Waals surface area (Å²) < 4.78 is 5.48. The Balaban J connectivity index is 1.56. The first kappa shape index (κ1) is 14.3. The average molecular weight is 309 g/mol. The largest absolute Gasteiger partial charge is 0.458 e. The molecule has 1 amide bonds. The highest BCUT2D eigenvalue weighted by molar-refractivity contribution is 7.13. The molecule has 1 saturated carbocycles. The van der Waals surface area contributed by atoms with Gasteiger partial charge in [-0.3, -0.25) is 9.59 Å². The van der Waals surface area contributed by atoms with Crippen LogP contribution in [0, 0.1) is 5.92 Å². The van der Waals surface area contributed by atoms with E-state index in [0.29, 0.717) is 18.1 Å². The highest BCUT2D eigenvalue weighted by Crippen LogP contribution is 2.45. The van der Waals surface area contributed by atoms with Crippen molar-refractivity contribution in [2.75, 3.05) is 12.3 Å². The quantitative estimate of drug-likeness (QED) is 0.817. The first-order valence-electron chi connectivity index (χ1n) is 7.28. The zero-order valence-electron chi connectivity index (χ0n) is 11.8. The van der Waals surface area contributed by atoms with Gasteiger partial charge in [0.2, 0.25) is 5.91 Å². The number of rotatable bonds is 4. The van der Waals surface area contributed by atoms with Gasteiger partial charge in [-0.05, 0) is 25.7 Å². The predicted molar refractivity (Wildman–Crippen MR) is 78.6 cm³/mol. The number of nitrogens with one attached hydrogen (secondary N) is 1. The van der Waals surface area contributed by atoms with Gasteiger partial charge in [0.05, 0.1) is 18.0 Å². The van der Waals surface area contributed by atoms with Crippen LogP contribution in [-0.2, 0) is 20.7 Å². The highest BCUT2D eigenvalue weighted by atomic mass is 32.1. The molecule has 2 heterocycles. The molecule has 1 aliphatic carbocycles. The van der Waals surface area contributed by atoms with E-state index in [9.17, 15) is 9.59 Å². The van der Waals surface area contributed by atoms with E-state index in [0.717, 1.165) is 31.4 Å². The van der Waals surface area contributed by atoms with Gasteiger partial charge >= 0.3 is 5.97 Å². The van der Waals surface area contributed by atoms with E-state index in [2.05, 4.69) is 10.3 Å². The molecule has 6 nitrogen and oxygen atoms in total. The van der Waals surface area contributed by atoms with Crippen LogP contribution in [0.15, 0.2) is 5.38 Å². The predicted octanol–water partition coefficient (Wildman–Crippen LogP) is 1.26. The summed E-state index contributed by atoms with van der Waals surface area (Å²) in [7, 11) is 0. The Labute approximate surface area is 127 Å². The normalized spacial score (nSPS) is 23.4. The number of carbonyl (C=O) groups is 2. The van der Waals surface area contributed by atoms with Crippen LogP contribution in [0.5, 0.6) is 0 Å². The monoisotopic (exact) mass is 309 g/mol. The summed E-state index contributed by atoms with van der Waals surface area (Å²) in [5.74, 6) is -0.664. The first-order chi connectivity index (χ1) is 10.1. The van der Waals surface area contributed by atoms with Crippen LogP contribution in [-0.4, -0.2) is 29.0 Å². The smallest absolute Gasteiger partial charge is 0.307 e. The minimum Gasteiger partial charge on any atom is -0.458 e. The molecule has 114 valence electrons. The number of carbonyl (C=O) groups excluding carboxylic acids is 2. The van der Waals surface area contributed by atoms with Crippen LogP contribution < -0.4 is 11.1 Å². The number of hydrogen-bond donors (Lipinski definition) is 2. The van der Waals surface area contributed by atoms with E-state index in [1.807, 2.05) is 5.38 Å². The lowest BCUT2D eigenvalue weighted by Gasteiger charge is -2.27. The highest BCUT2D eigenvalue weighted by Gasteiger charge is 2.53. The molecule has 1 aromatic rings. The van der Waals surface area contributed by atoms with E-state index >= 15 is 0 Å². The van der Waals surface area contributed by atoms with E-state index < -0.39 is 5.60 Å². The third kappa shape index (κ3) is 2.88. The summed E-state index contributed by atoms with van der Waals surface area (Å²) in [6.07, 6.45) is 4.51. The van der Waals surface area contributed by atoms with Crippen LogP contribution in [0.25, 0.3) is 0 Å². The second-order valence-electron chi connectivity index (χ2n) is 5.72. The number of ether oxygens (including phenoxy) is 1. The van der Waals surface area contributed by atoms with Crippen LogP contribution >= 0.6 is 11.3 Å². The molecule has 1 aromatic heterocycles. The fourth-order valence-corrected chi connectivity index (χ4v) is 3.92. The van der Waals surface area contributed by atoms with Gasteiger partial charge in [-0.25, -0.2) is 4.98 Å². The van der Waals surface area contributed by atoms with Crippen molar-refractivity contribution in [2.45, 2.75) is 44.1 Å². The molecule has 1 aliphatic heterocycles. The Hall–Kier alpha value is -1.63. The summed E-state index contributed by atoms with van der Waals surface area (Å²) in [5, 5.41) is 5.34. The van der Waals surface area contributed by atoms with Crippen molar-refractivity contribution in [2.24, 2.45) is 5.92 Å². The van der Waals surface area contributed by atoms with Gasteiger partial charge in [0.25, 0.3) is 0 Å². The minimum absolute atomic E-state index is 0.0778. The number of esters is 1. The molecule has 2 aliphatic rings. The molecule has 1 atom stereocenters. The third-order valence-corrected chi connectivity index (χ3v) is 5.06. The maximum absolute atomic E-state index is 12.4. The average Bonchev–Trinajstić information content (AvgIpc) is 3.13. The van der Waals surface area contributed by atoms with Gasteiger partial charge in [-0.1, -0.05) is 0 Å². The Morgan fingerprint density at radius 3 is 2.95 bits per heavy atom. The summed E-state index contributed by atoms with van der Waals surface area (Å²) >= 11 is 1.39. The Morgan fingerprint density at radius 2 is 2.29 bits per heavy atom. The molecule has 3 rings (SSSR count). The molecule has 21 heavy (non-hydrogen) atoms. The topological polar surface area (TPSA) is 94.3 Å².